The normalized spacial score (nSPS) is 15.9. The maximum atomic E-state index is 12.6. The van der Waals surface area contributed by atoms with Gasteiger partial charge < -0.3 is 14.9 Å². The molecule has 2 N–H and O–H groups in total. The number of nitrogens with zero attached hydrogens (tertiary/aromatic N) is 3. The smallest absolute Gasteiger partial charge is 0.225 e. The highest BCUT2D eigenvalue weighted by Gasteiger charge is 2.24. The molecule has 30 heavy (non-hydrogen) atoms. The van der Waals surface area contributed by atoms with Crippen LogP contribution >= 0.6 is 0 Å². The van der Waals surface area contributed by atoms with Gasteiger partial charge in [0.05, 0.1) is 17.0 Å². The molecule has 0 radical (unpaired) electrons. The van der Waals surface area contributed by atoms with Gasteiger partial charge in [-0.15, -0.1) is 0 Å². The molecule has 0 bridgehead atoms. The second-order valence-corrected chi connectivity index (χ2v) is 8.19. The fourth-order valence-electron chi connectivity index (χ4n) is 4.10. The van der Waals surface area contributed by atoms with Crippen molar-refractivity contribution in [2.75, 3.05) is 0 Å². The lowest BCUT2D eigenvalue weighted by atomic mass is 9.98. The lowest BCUT2D eigenvalue weighted by molar-refractivity contribution is -0.126. The maximum absolute atomic E-state index is 12.6. The van der Waals surface area contributed by atoms with Gasteiger partial charge >= 0.3 is 0 Å². The Morgan fingerprint density at radius 3 is 2.83 bits per heavy atom. The van der Waals surface area contributed by atoms with Crippen LogP contribution in [0.2, 0.25) is 0 Å². The van der Waals surface area contributed by atoms with Crippen molar-refractivity contribution < 1.29 is 4.79 Å². The fraction of sp³-hybridized carbons (Fsp3) is 0.292. The summed E-state index contributed by atoms with van der Waals surface area (Å²) in [6.07, 6.45) is 5.47. The van der Waals surface area contributed by atoms with Crippen molar-refractivity contribution in [1.82, 2.24) is 24.8 Å². The monoisotopic (exact) mass is 399 g/mol. The molecule has 6 heteroatoms. The molecular weight excluding hydrogens is 374 g/mol. The Bertz CT molecular complexity index is 1180. The minimum Gasteiger partial charge on any atom is -0.352 e. The van der Waals surface area contributed by atoms with Crippen LogP contribution in [-0.4, -0.2) is 25.4 Å². The Morgan fingerprint density at radius 1 is 1.20 bits per heavy atom. The number of aromatic amines is 1. The first-order chi connectivity index (χ1) is 14.6. The quantitative estimate of drug-likeness (QED) is 0.546. The molecule has 2 aromatic heterocycles. The van der Waals surface area contributed by atoms with Crippen LogP contribution in [0.25, 0.3) is 22.4 Å². The number of amides is 1. The van der Waals surface area contributed by atoms with Crippen LogP contribution in [0.1, 0.15) is 28.9 Å². The number of rotatable bonds is 4. The van der Waals surface area contributed by atoms with E-state index in [2.05, 4.69) is 58.0 Å². The summed E-state index contributed by atoms with van der Waals surface area (Å²) in [5.41, 5.74) is 6.65. The van der Waals surface area contributed by atoms with E-state index in [-0.39, 0.29) is 11.8 Å². The summed E-state index contributed by atoms with van der Waals surface area (Å²) >= 11 is 0. The van der Waals surface area contributed by atoms with E-state index in [4.69, 9.17) is 4.98 Å². The van der Waals surface area contributed by atoms with E-state index in [1.165, 1.54) is 11.1 Å². The number of nitrogens with one attached hydrogen (secondary N) is 2. The summed E-state index contributed by atoms with van der Waals surface area (Å²) in [5.74, 6) is 2.06. The van der Waals surface area contributed by atoms with E-state index >= 15 is 0 Å². The van der Waals surface area contributed by atoms with E-state index in [1.54, 1.807) is 0 Å². The molecule has 1 unspecified atom stereocenters. The van der Waals surface area contributed by atoms with Crippen molar-refractivity contribution in [1.29, 1.82) is 0 Å². The standard InChI is InChI=1S/C24H25N5O/c1-15-11-20-21(12-16(15)2)28-23(27-20)18-5-3-17(4-6-18)13-26-24(30)19-7-8-22-25-9-10-29(22)14-19/h3-6,9-12,19H,7-8,13-14H2,1-2H3,(H,26,30)(H,27,28). The number of carbonyl (C=O) groups excluding carboxylic acids is 1. The lowest BCUT2D eigenvalue weighted by Crippen LogP contribution is -2.35. The van der Waals surface area contributed by atoms with Gasteiger partial charge in [-0.05, 0) is 49.1 Å². The average Bonchev–Trinajstić information content (AvgIpc) is 3.39. The highest BCUT2D eigenvalue weighted by Crippen LogP contribution is 2.23. The zero-order chi connectivity index (χ0) is 20.7. The van der Waals surface area contributed by atoms with Crippen LogP contribution in [0.15, 0.2) is 48.8 Å². The predicted molar refractivity (Wildman–Crippen MR) is 117 cm³/mol. The number of aryl methyl sites for hydroxylation is 3. The van der Waals surface area contributed by atoms with Gasteiger partial charge in [0.1, 0.15) is 11.6 Å². The third-order valence-electron chi connectivity index (χ3n) is 6.10. The zero-order valence-corrected chi connectivity index (χ0v) is 17.3. The van der Waals surface area contributed by atoms with Crippen molar-refractivity contribution in [3.8, 4) is 11.4 Å². The minimum atomic E-state index is 0.00781. The molecule has 1 aliphatic rings. The predicted octanol–water partition coefficient (Wildman–Crippen LogP) is 3.92. The number of aromatic nitrogens is 4. The second-order valence-electron chi connectivity index (χ2n) is 8.19. The molecule has 0 spiro atoms. The van der Waals surface area contributed by atoms with Gasteiger partial charge in [-0.2, -0.15) is 0 Å². The first-order valence-corrected chi connectivity index (χ1v) is 10.4. The molecule has 3 heterocycles. The molecule has 4 aromatic rings. The SMILES string of the molecule is Cc1cc2nc(-c3ccc(CNC(=O)C4CCc5nccn5C4)cc3)[nH]c2cc1C. The van der Waals surface area contributed by atoms with Crippen molar-refractivity contribution >= 4 is 16.9 Å². The minimum absolute atomic E-state index is 0.00781. The lowest BCUT2D eigenvalue weighted by Gasteiger charge is -2.23. The van der Waals surface area contributed by atoms with E-state index in [9.17, 15) is 4.79 Å². The summed E-state index contributed by atoms with van der Waals surface area (Å²) in [7, 11) is 0. The van der Waals surface area contributed by atoms with Crippen LogP contribution in [-0.2, 0) is 24.3 Å². The number of benzene rings is 2. The van der Waals surface area contributed by atoms with Gasteiger partial charge in [0, 0.05) is 37.5 Å². The molecule has 2 aromatic carbocycles. The van der Waals surface area contributed by atoms with E-state index < -0.39 is 0 Å². The van der Waals surface area contributed by atoms with Gasteiger partial charge in [0.15, 0.2) is 0 Å². The molecule has 5 rings (SSSR count). The second kappa shape index (κ2) is 7.44. The molecule has 0 saturated carbocycles. The highest BCUT2D eigenvalue weighted by molar-refractivity contribution is 5.81. The number of imidazole rings is 2. The molecule has 1 amide bonds. The Hall–Kier alpha value is -3.41. The summed E-state index contributed by atoms with van der Waals surface area (Å²) in [5, 5.41) is 3.09. The van der Waals surface area contributed by atoms with Gasteiger partial charge in [0.25, 0.3) is 0 Å². The van der Waals surface area contributed by atoms with Gasteiger partial charge in [-0.3, -0.25) is 4.79 Å². The average molecular weight is 399 g/mol. The molecular formula is C24H25N5O. The molecule has 152 valence electrons. The van der Waals surface area contributed by atoms with Gasteiger partial charge in [-0.25, -0.2) is 9.97 Å². The molecule has 6 nitrogen and oxygen atoms in total. The summed E-state index contributed by atoms with van der Waals surface area (Å²) in [6.45, 7) is 5.46. The number of fused-ring (bicyclic) bond motifs is 2. The summed E-state index contributed by atoms with van der Waals surface area (Å²) < 4.78 is 2.08. The summed E-state index contributed by atoms with van der Waals surface area (Å²) in [4.78, 5) is 25.1. The van der Waals surface area contributed by atoms with Crippen LogP contribution in [0, 0.1) is 19.8 Å². The van der Waals surface area contributed by atoms with Crippen molar-refractivity contribution in [2.45, 2.75) is 39.8 Å². The Balaban J connectivity index is 1.24. The third kappa shape index (κ3) is 3.49. The molecule has 0 aliphatic carbocycles. The first-order valence-electron chi connectivity index (χ1n) is 10.4. The van der Waals surface area contributed by atoms with Crippen LogP contribution in [0.4, 0.5) is 0 Å². The number of carbonyl (C=O) groups is 1. The fourth-order valence-corrected chi connectivity index (χ4v) is 4.10. The largest absolute Gasteiger partial charge is 0.352 e. The third-order valence-corrected chi connectivity index (χ3v) is 6.10. The molecule has 1 atom stereocenters. The first kappa shape index (κ1) is 18.6. The van der Waals surface area contributed by atoms with Crippen molar-refractivity contribution in [3.05, 3.63) is 71.3 Å². The molecule has 0 fully saturated rings. The summed E-state index contributed by atoms with van der Waals surface area (Å²) in [6, 6.07) is 12.5. The van der Waals surface area contributed by atoms with E-state index in [0.29, 0.717) is 13.1 Å². The van der Waals surface area contributed by atoms with E-state index in [0.717, 1.165) is 46.7 Å². The van der Waals surface area contributed by atoms with Gasteiger partial charge in [0.2, 0.25) is 5.91 Å². The number of H-pyrrole nitrogens is 1. The Labute approximate surface area is 175 Å². The van der Waals surface area contributed by atoms with Crippen molar-refractivity contribution in [2.24, 2.45) is 5.92 Å². The number of hydrogen-bond donors (Lipinski definition) is 2. The Morgan fingerprint density at radius 2 is 2.00 bits per heavy atom. The molecule has 1 aliphatic heterocycles. The topological polar surface area (TPSA) is 75.6 Å². The maximum Gasteiger partial charge on any atom is 0.225 e. The number of hydrogen-bond acceptors (Lipinski definition) is 3. The molecule has 0 saturated heterocycles. The van der Waals surface area contributed by atoms with E-state index in [1.807, 2.05) is 24.5 Å². The van der Waals surface area contributed by atoms with Crippen LogP contribution in [0.5, 0.6) is 0 Å². The van der Waals surface area contributed by atoms with Crippen molar-refractivity contribution in [3.63, 3.8) is 0 Å². The highest BCUT2D eigenvalue weighted by atomic mass is 16.1. The Kier molecular flexibility index (Phi) is 4.62. The van der Waals surface area contributed by atoms with Gasteiger partial charge in [-0.1, -0.05) is 24.3 Å². The van der Waals surface area contributed by atoms with Crippen LogP contribution in [0.3, 0.4) is 0 Å². The zero-order valence-electron chi connectivity index (χ0n) is 17.3. The van der Waals surface area contributed by atoms with Crippen LogP contribution < -0.4 is 5.32 Å².